The minimum Gasteiger partial charge on any atom is -0.334 e. The zero-order chi connectivity index (χ0) is 19.1. The first-order chi connectivity index (χ1) is 13.2. The summed E-state index contributed by atoms with van der Waals surface area (Å²) in [6.07, 6.45) is 0. The van der Waals surface area contributed by atoms with Crippen LogP contribution < -0.4 is 0 Å². The fourth-order valence-electron chi connectivity index (χ4n) is 3.26. The lowest BCUT2D eigenvalue weighted by Gasteiger charge is -2.31. The van der Waals surface area contributed by atoms with E-state index in [4.69, 9.17) is 0 Å². The van der Waals surface area contributed by atoms with Gasteiger partial charge in [-0.15, -0.1) is 11.3 Å². The van der Waals surface area contributed by atoms with Crippen LogP contribution in [-0.4, -0.2) is 35.8 Å². The number of carbonyl (C=O) groups is 1. The lowest BCUT2D eigenvalue weighted by molar-refractivity contribution is -0.132. The number of nitrogens with zero attached hydrogens (tertiary/aromatic N) is 2. The molecule has 0 unspecified atom stereocenters. The molecule has 0 N–H and O–H groups in total. The molecule has 3 rings (SSSR count). The number of likely N-dealkylation sites (N-methyl/N-ethyl adjacent to an activating group) is 2. The van der Waals surface area contributed by atoms with Gasteiger partial charge in [0.15, 0.2) is 0 Å². The van der Waals surface area contributed by atoms with E-state index in [9.17, 15) is 4.79 Å². The Labute approximate surface area is 165 Å². The highest BCUT2D eigenvalue weighted by Gasteiger charge is 2.24. The van der Waals surface area contributed by atoms with Crippen molar-refractivity contribution < 1.29 is 4.79 Å². The van der Waals surface area contributed by atoms with E-state index in [1.54, 1.807) is 11.3 Å². The highest BCUT2D eigenvalue weighted by atomic mass is 32.1. The zero-order valence-electron chi connectivity index (χ0n) is 15.9. The first-order valence-corrected chi connectivity index (χ1v) is 10.2. The highest BCUT2D eigenvalue weighted by molar-refractivity contribution is 7.09. The van der Waals surface area contributed by atoms with Crippen LogP contribution in [0.3, 0.4) is 0 Å². The van der Waals surface area contributed by atoms with E-state index in [0.29, 0.717) is 6.54 Å². The fraction of sp³-hybridized carbons (Fsp3) is 0.261. The monoisotopic (exact) mass is 378 g/mol. The molecule has 1 amide bonds. The van der Waals surface area contributed by atoms with Gasteiger partial charge in [-0.3, -0.25) is 9.69 Å². The summed E-state index contributed by atoms with van der Waals surface area (Å²) < 4.78 is 0. The summed E-state index contributed by atoms with van der Waals surface area (Å²) >= 11 is 1.74. The van der Waals surface area contributed by atoms with Gasteiger partial charge in [0.05, 0.1) is 12.6 Å². The fourth-order valence-corrected chi connectivity index (χ4v) is 4.01. The Morgan fingerprint density at radius 2 is 1.52 bits per heavy atom. The van der Waals surface area contributed by atoms with Crippen molar-refractivity contribution in [1.82, 2.24) is 9.80 Å². The van der Waals surface area contributed by atoms with Gasteiger partial charge < -0.3 is 4.90 Å². The van der Waals surface area contributed by atoms with Gasteiger partial charge in [0.25, 0.3) is 0 Å². The molecule has 0 aliphatic rings. The second-order valence-electron chi connectivity index (χ2n) is 6.61. The van der Waals surface area contributed by atoms with E-state index in [1.807, 2.05) is 48.3 Å². The molecule has 0 spiro atoms. The summed E-state index contributed by atoms with van der Waals surface area (Å²) in [6, 6.07) is 24.6. The smallest absolute Gasteiger partial charge is 0.237 e. The van der Waals surface area contributed by atoms with E-state index in [1.165, 1.54) is 4.88 Å². The molecule has 1 heterocycles. The van der Waals surface area contributed by atoms with Crippen LogP contribution in [0.1, 0.15) is 29.0 Å². The summed E-state index contributed by atoms with van der Waals surface area (Å²) in [4.78, 5) is 18.5. The van der Waals surface area contributed by atoms with E-state index in [2.05, 4.69) is 53.6 Å². The molecule has 0 saturated heterocycles. The Bertz CT molecular complexity index is 779. The van der Waals surface area contributed by atoms with Gasteiger partial charge in [0.2, 0.25) is 5.91 Å². The molecule has 0 radical (unpaired) electrons. The second-order valence-corrected chi connectivity index (χ2v) is 7.64. The van der Waals surface area contributed by atoms with Crippen LogP contribution in [-0.2, 0) is 11.3 Å². The number of thiophene rings is 1. The third kappa shape index (κ3) is 5.06. The Morgan fingerprint density at radius 1 is 0.926 bits per heavy atom. The minimum atomic E-state index is -0.0830. The van der Waals surface area contributed by atoms with Gasteiger partial charge in [-0.2, -0.15) is 0 Å². The summed E-state index contributed by atoms with van der Waals surface area (Å²) in [6.45, 7) is 4.18. The molecule has 27 heavy (non-hydrogen) atoms. The molecule has 0 aliphatic heterocycles. The standard InChI is InChI=1S/C23H26N2OS/c1-3-25(17-21-15-10-16-27-21)18-22(26)24(2)23(19-11-6-4-7-12-19)20-13-8-5-9-14-20/h4-16,23H,3,17-18H2,1-2H3. The molecule has 3 nitrogen and oxygen atoms in total. The molecule has 0 saturated carbocycles. The van der Waals surface area contributed by atoms with Gasteiger partial charge in [-0.05, 0) is 29.1 Å². The normalized spacial score (nSPS) is 11.1. The Balaban J connectivity index is 1.78. The first-order valence-electron chi connectivity index (χ1n) is 9.29. The number of hydrogen-bond acceptors (Lipinski definition) is 3. The molecule has 2 aromatic carbocycles. The molecule has 140 valence electrons. The quantitative estimate of drug-likeness (QED) is 0.561. The molecule has 3 aromatic rings. The topological polar surface area (TPSA) is 23.6 Å². The third-order valence-corrected chi connectivity index (χ3v) is 5.64. The van der Waals surface area contributed by atoms with Gasteiger partial charge in [0, 0.05) is 18.5 Å². The number of hydrogen-bond donors (Lipinski definition) is 0. The summed E-state index contributed by atoms with van der Waals surface area (Å²) in [5.41, 5.74) is 2.25. The van der Waals surface area contributed by atoms with Crippen molar-refractivity contribution in [3.8, 4) is 0 Å². The van der Waals surface area contributed by atoms with E-state index < -0.39 is 0 Å². The molecular weight excluding hydrogens is 352 g/mol. The molecule has 1 aromatic heterocycles. The number of carbonyl (C=O) groups excluding carboxylic acids is 1. The van der Waals surface area contributed by atoms with Crippen molar-refractivity contribution in [2.45, 2.75) is 19.5 Å². The van der Waals surface area contributed by atoms with E-state index in [0.717, 1.165) is 24.2 Å². The van der Waals surface area contributed by atoms with Crippen molar-refractivity contribution in [1.29, 1.82) is 0 Å². The number of benzene rings is 2. The summed E-state index contributed by atoms with van der Waals surface area (Å²) in [5.74, 6) is 0.131. The van der Waals surface area contributed by atoms with Crippen LogP contribution in [0.2, 0.25) is 0 Å². The molecular formula is C23H26N2OS. The SMILES string of the molecule is CCN(CC(=O)N(C)C(c1ccccc1)c1ccccc1)Cc1cccs1. The van der Waals surface area contributed by atoms with Crippen LogP contribution in [0.15, 0.2) is 78.2 Å². The molecule has 0 atom stereocenters. The predicted molar refractivity (Wildman–Crippen MR) is 113 cm³/mol. The Hall–Kier alpha value is -2.43. The van der Waals surface area contributed by atoms with Crippen LogP contribution in [0.5, 0.6) is 0 Å². The minimum absolute atomic E-state index is 0.0830. The number of rotatable bonds is 8. The average molecular weight is 379 g/mol. The van der Waals surface area contributed by atoms with Gasteiger partial charge >= 0.3 is 0 Å². The maximum atomic E-state index is 13.1. The van der Waals surface area contributed by atoms with Crippen molar-refractivity contribution in [3.63, 3.8) is 0 Å². The predicted octanol–water partition coefficient (Wildman–Crippen LogP) is 4.82. The van der Waals surface area contributed by atoms with Crippen molar-refractivity contribution in [2.75, 3.05) is 20.1 Å². The maximum Gasteiger partial charge on any atom is 0.237 e. The molecule has 0 aliphatic carbocycles. The van der Waals surface area contributed by atoms with E-state index in [-0.39, 0.29) is 11.9 Å². The molecule has 4 heteroatoms. The molecule has 0 bridgehead atoms. The number of amides is 1. The highest BCUT2D eigenvalue weighted by Crippen LogP contribution is 2.27. The van der Waals surface area contributed by atoms with Crippen LogP contribution >= 0.6 is 11.3 Å². The Kier molecular flexibility index (Phi) is 6.80. The lowest BCUT2D eigenvalue weighted by atomic mass is 9.97. The maximum absolute atomic E-state index is 13.1. The second kappa shape index (κ2) is 9.49. The van der Waals surface area contributed by atoms with Crippen LogP contribution in [0, 0.1) is 0 Å². The average Bonchev–Trinajstić information content (AvgIpc) is 3.22. The van der Waals surface area contributed by atoms with Crippen molar-refractivity contribution in [3.05, 3.63) is 94.2 Å². The Morgan fingerprint density at radius 3 is 2.00 bits per heavy atom. The largest absolute Gasteiger partial charge is 0.334 e. The van der Waals surface area contributed by atoms with Crippen LogP contribution in [0.4, 0.5) is 0 Å². The lowest BCUT2D eigenvalue weighted by Crippen LogP contribution is -2.40. The van der Waals surface area contributed by atoms with Crippen LogP contribution in [0.25, 0.3) is 0 Å². The van der Waals surface area contributed by atoms with E-state index >= 15 is 0 Å². The zero-order valence-corrected chi connectivity index (χ0v) is 16.7. The summed E-state index contributed by atoms with van der Waals surface area (Å²) in [7, 11) is 1.91. The van der Waals surface area contributed by atoms with Crippen molar-refractivity contribution >= 4 is 17.2 Å². The molecule has 0 fully saturated rings. The summed E-state index contributed by atoms with van der Waals surface area (Å²) in [5, 5.41) is 2.08. The first kappa shape index (κ1) is 19.3. The van der Waals surface area contributed by atoms with Gasteiger partial charge in [0.1, 0.15) is 0 Å². The van der Waals surface area contributed by atoms with Gasteiger partial charge in [-0.1, -0.05) is 73.7 Å². The van der Waals surface area contributed by atoms with Gasteiger partial charge in [-0.25, -0.2) is 0 Å². The third-order valence-electron chi connectivity index (χ3n) is 4.78. The van der Waals surface area contributed by atoms with Crippen molar-refractivity contribution in [2.24, 2.45) is 0 Å².